The fraction of sp³-hybridized carbons (Fsp3) is 0.118. The molecule has 4 rings (SSSR count). The molecule has 2 aromatic heterocycles. The lowest BCUT2D eigenvalue weighted by atomic mass is 10.1. The van der Waals surface area contributed by atoms with E-state index in [0.29, 0.717) is 26.6 Å². The Bertz CT molecular complexity index is 1090. The van der Waals surface area contributed by atoms with Crippen LogP contribution in [0.15, 0.2) is 36.4 Å². The Kier molecular flexibility index (Phi) is 4.44. The van der Waals surface area contributed by atoms with Crippen molar-refractivity contribution in [3.8, 4) is 5.75 Å². The van der Waals surface area contributed by atoms with Gasteiger partial charge in [0.2, 0.25) is 10.1 Å². The molecule has 26 heavy (non-hydrogen) atoms. The van der Waals surface area contributed by atoms with E-state index in [-0.39, 0.29) is 5.75 Å². The van der Waals surface area contributed by atoms with Gasteiger partial charge in [0.15, 0.2) is 5.82 Å². The zero-order valence-electron chi connectivity index (χ0n) is 13.6. The molecular formula is C17H13Cl2N5OS. The van der Waals surface area contributed by atoms with Gasteiger partial charge >= 0.3 is 0 Å². The summed E-state index contributed by atoms with van der Waals surface area (Å²) >= 11 is 13.7. The molecule has 0 aliphatic heterocycles. The van der Waals surface area contributed by atoms with Crippen LogP contribution in [-0.4, -0.2) is 24.9 Å². The Morgan fingerprint density at radius 2 is 1.92 bits per heavy atom. The number of aromatic hydroxyl groups is 1. The number of anilines is 2. The first-order valence-electron chi connectivity index (χ1n) is 7.71. The maximum atomic E-state index is 9.39. The number of hydrogen-bond donors (Lipinski definition) is 2. The first-order chi connectivity index (χ1) is 12.5. The maximum absolute atomic E-state index is 9.39. The first-order valence-corrected chi connectivity index (χ1v) is 9.28. The molecule has 0 bridgehead atoms. The van der Waals surface area contributed by atoms with E-state index >= 15 is 0 Å². The molecule has 0 fully saturated rings. The molecular weight excluding hydrogens is 393 g/mol. The summed E-state index contributed by atoms with van der Waals surface area (Å²) in [5, 5.41) is 27.4. The first kappa shape index (κ1) is 17.1. The molecule has 2 aromatic carbocycles. The van der Waals surface area contributed by atoms with Crippen molar-refractivity contribution in [2.75, 3.05) is 5.32 Å². The summed E-state index contributed by atoms with van der Waals surface area (Å²) in [5.41, 5.74) is 2.70. The standard InChI is InChI=1S/C17H13Cl2N5OS/c1-9-13(19)7-11(18)8-14(9)20-16-23-24-15(21-22-17(24)26-16)6-10-2-4-12(25)5-3-10/h2-5,7-8,25H,6H2,1H3,(H,20,23). The van der Waals surface area contributed by atoms with Crippen molar-refractivity contribution in [3.63, 3.8) is 0 Å². The van der Waals surface area contributed by atoms with Gasteiger partial charge in [-0.25, -0.2) is 0 Å². The normalized spacial score (nSPS) is 11.2. The lowest BCUT2D eigenvalue weighted by molar-refractivity contribution is 0.475. The van der Waals surface area contributed by atoms with Gasteiger partial charge in [-0.15, -0.1) is 15.3 Å². The number of rotatable bonds is 4. The van der Waals surface area contributed by atoms with E-state index in [2.05, 4.69) is 20.6 Å². The number of nitrogens with one attached hydrogen (secondary N) is 1. The van der Waals surface area contributed by atoms with Crippen LogP contribution in [0.2, 0.25) is 10.0 Å². The summed E-state index contributed by atoms with van der Waals surface area (Å²) in [4.78, 5) is 0.687. The summed E-state index contributed by atoms with van der Waals surface area (Å²) < 4.78 is 1.71. The van der Waals surface area contributed by atoms with Crippen molar-refractivity contribution >= 4 is 50.3 Å². The molecule has 0 unspecified atom stereocenters. The minimum atomic E-state index is 0.232. The Hall–Kier alpha value is -2.35. The van der Waals surface area contributed by atoms with Crippen LogP contribution in [0.3, 0.4) is 0 Å². The van der Waals surface area contributed by atoms with Crippen LogP contribution >= 0.6 is 34.5 Å². The van der Waals surface area contributed by atoms with Gasteiger partial charge < -0.3 is 10.4 Å². The molecule has 0 aliphatic carbocycles. The SMILES string of the molecule is Cc1c(Cl)cc(Cl)cc1Nc1nn2c(Cc3ccc(O)cc3)nnc2s1. The molecule has 0 saturated carbocycles. The lowest BCUT2D eigenvalue weighted by Crippen LogP contribution is -1.99. The molecule has 0 atom stereocenters. The molecule has 2 N–H and O–H groups in total. The molecule has 0 amide bonds. The third kappa shape index (κ3) is 3.33. The number of hydrogen-bond acceptors (Lipinski definition) is 6. The zero-order chi connectivity index (χ0) is 18.3. The zero-order valence-corrected chi connectivity index (χ0v) is 15.9. The topological polar surface area (TPSA) is 75.3 Å². The van der Waals surface area contributed by atoms with Crippen molar-refractivity contribution in [2.45, 2.75) is 13.3 Å². The second-order valence-corrected chi connectivity index (χ2v) is 7.55. The van der Waals surface area contributed by atoms with Gasteiger partial charge in [0.25, 0.3) is 0 Å². The number of phenols is 1. The highest BCUT2D eigenvalue weighted by Crippen LogP contribution is 2.32. The summed E-state index contributed by atoms with van der Waals surface area (Å²) in [6.07, 6.45) is 0.562. The van der Waals surface area contributed by atoms with Crippen molar-refractivity contribution in [2.24, 2.45) is 0 Å². The van der Waals surface area contributed by atoms with Crippen molar-refractivity contribution in [1.82, 2.24) is 19.8 Å². The average molecular weight is 406 g/mol. The van der Waals surface area contributed by atoms with Gasteiger partial charge in [0.1, 0.15) is 5.75 Å². The summed E-state index contributed by atoms with van der Waals surface area (Å²) in [5.74, 6) is 0.951. The van der Waals surface area contributed by atoms with E-state index in [9.17, 15) is 5.11 Å². The predicted molar refractivity (Wildman–Crippen MR) is 104 cm³/mol. The number of benzene rings is 2. The minimum Gasteiger partial charge on any atom is -0.508 e. The van der Waals surface area contributed by atoms with E-state index in [1.54, 1.807) is 22.7 Å². The third-order valence-corrected chi connectivity index (χ3v) is 5.33. The van der Waals surface area contributed by atoms with Crippen LogP contribution in [0.5, 0.6) is 5.75 Å². The smallest absolute Gasteiger partial charge is 0.236 e. The highest BCUT2D eigenvalue weighted by Gasteiger charge is 2.14. The highest BCUT2D eigenvalue weighted by molar-refractivity contribution is 7.20. The molecule has 4 aromatic rings. The Balaban J connectivity index is 1.63. The van der Waals surface area contributed by atoms with Crippen LogP contribution in [-0.2, 0) is 6.42 Å². The second kappa shape index (κ2) is 6.75. The minimum absolute atomic E-state index is 0.232. The second-order valence-electron chi connectivity index (χ2n) is 5.75. The molecule has 0 saturated heterocycles. The molecule has 6 nitrogen and oxygen atoms in total. The number of phenolic OH excluding ortho intramolecular Hbond substituents is 1. The van der Waals surface area contributed by atoms with Crippen molar-refractivity contribution < 1.29 is 5.11 Å². The van der Waals surface area contributed by atoms with E-state index in [1.165, 1.54) is 11.3 Å². The average Bonchev–Trinajstić information content (AvgIpc) is 3.15. The van der Waals surface area contributed by atoms with E-state index in [1.807, 2.05) is 25.1 Å². The Morgan fingerprint density at radius 1 is 1.15 bits per heavy atom. The monoisotopic (exact) mass is 405 g/mol. The predicted octanol–water partition coefficient (Wildman–Crippen LogP) is 4.84. The van der Waals surface area contributed by atoms with Gasteiger partial charge in [-0.05, 0) is 42.3 Å². The van der Waals surface area contributed by atoms with Crippen LogP contribution in [0.25, 0.3) is 4.96 Å². The summed E-state index contributed by atoms with van der Waals surface area (Å²) in [7, 11) is 0. The van der Waals surface area contributed by atoms with Gasteiger partial charge in [-0.1, -0.05) is 46.7 Å². The summed E-state index contributed by atoms with van der Waals surface area (Å²) in [6.45, 7) is 1.91. The van der Waals surface area contributed by atoms with Crippen molar-refractivity contribution in [1.29, 1.82) is 0 Å². The van der Waals surface area contributed by atoms with Gasteiger partial charge in [0, 0.05) is 22.2 Å². The van der Waals surface area contributed by atoms with E-state index < -0.39 is 0 Å². The molecule has 0 spiro atoms. The lowest BCUT2D eigenvalue weighted by Gasteiger charge is -2.08. The van der Waals surface area contributed by atoms with Gasteiger partial charge in [0.05, 0.1) is 0 Å². The van der Waals surface area contributed by atoms with E-state index in [0.717, 1.165) is 22.6 Å². The number of nitrogens with zero attached hydrogens (tertiary/aromatic N) is 4. The Labute approximate surface area is 163 Å². The van der Waals surface area contributed by atoms with Crippen LogP contribution in [0, 0.1) is 6.92 Å². The fourth-order valence-electron chi connectivity index (χ4n) is 2.51. The molecule has 9 heteroatoms. The molecule has 132 valence electrons. The number of aromatic nitrogens is 4. The number of halogens is 2. The third-order valence-electron chi connectivity index (χ3n) is 3.90. The van der Waals surface area contributed by atoms with Crippen LogP contribution < -0.4 is 5.32 Å². The fourth-order valence-corrected chi connectivity index (χ4v) is 3.77. The largest absolute Gasteiger partial charge is 0.508 e. The highest BCUT2D eigenvalue weighted by atomic mass is 35.5. The molecule has 2 heterocycles. The van der Waals surface area contributed by atoms with Crippen LogP contribution in [0.1, 0.15) is 17.0 Å². The number of fused-ring (bicyclic) bond motifs is 1. The van der Waals surface area contributed by atoms with Gasteiger partial charge in [-0.2, -0.15) is 4.52 Å². The van der Waals surface area contributed by atoms with Crippen LogP contribution in [0.4, 0.5) is 10.8 Å². The molecule has 0 radical (unpaired) electrons. The van der Waals surface area contributed by atoms with Gasteiger partial charge in [-0.3, -0.25) is 0 Å². The quantitative estimate of drug-likeness (QED) is 0.507. The van der Waals surface area contributed by atoms with E-state index in [4.69, 9.17) is 23.2 Å². The maximum Gasteiger partial charge on any atom is 0.236 e. The summed E-state index contributed by atoms with van der Waals surface area (Å²) in [6, 6.07) is 10.5. The molecule has 0 aliphatic rings. The van der Waals surface area contributed by atoms with Crippen molar-refractivity contribution in [3.05, 3.63) is 63.4 Å². The Morgan fingerprint density at radius 3 is 2.69 bits per heavy atom.